The summed E-state index contributed by atoms with van der Waals surface area (Å²) in [5, 5.41) is 9.05. The number of carbonyl (C=O) groups is 1. The predicted octanol–water partition coefficient (Wildman–Crippen LogP) is 1.25. The molecular formula is C13H19NO3. The zero-order chi connectivity index (χ0) is 12.7. The molecular weight excluding hydrogens is 218 g/mol. The van der Waals surface area contributed by atoms with Gasteiger partial charge < -0.3 is 14.7 Å². The molecule has 0 amide bonds. The van der Waals surface area contributed by atoms with Crippen molar-refractivity contribution in [2.75, 3.05) is 38.3 Å². The van der Waals surface area contributed by atoms with E-state index < -0.39 is 0 Å². The maximum atomic E-state index is 10.7. The van der Waals surface area contributed by atoms with Gasteiger partial charge in [0, 0.05) is 31.5 Å². The Morgan fingerprint density at radius 1 is 1.41 bits per heavy atom. The number of hydrogen-bond donors (Lipinski definition) is 1. The van der Waals surface area contributed by atoms with Crippen LogP contribution in [-0.4, -0.2) is 44.8 Å². The number of carbonyl (C=O) groups excluding carboxylic acids is 1. The summed E-state index contributed by atoms with van der Waals surface area (Å²) >= 11 is 0. The van der Waals surface area contributed by atoms with Crippen molar-refractivity contribution in [3.63, 3.8) is 0 Å². The molecule has 4 heteroatoms. The third-order valence-corrected chi connectivity index (χ3v) is 2.63. The molecule has 1 rings (SSSR count). The molecule has 0 saturated carbocycles. The van der Waals surface area contributed by atoms with Gasteiger partial charge >= 0.3 is 0 Å². The van der Waals surface area contributed by atoms with E-state index in [1.165, 1.54) is 0 Å². The molecule has 0 heterocycles. The summed E-state index contributed by atoms with van der Waals surface area (Å²) in [6.45, 7) is 3.94. The van der Waals surface area contributed by atoms with Crippen LogP contribution in [0.25, 0.3) is 0 Å². The van der Waals surface area contributed by atoms with E-state index in [0.29, 0.717) is 18.7 Å². The first-order valence-corrected chi connectivity index (χ1v) is 5.63. The molecule has 0 aliphatic carbocycles. The minimum atomic E-state index is 0.0958. The predicted molar refractivity (Wildman–Crippen MR) is 67.7 cm³/mol. The first-order chi connectivity index (χ1) is 8.22. The molecule has 0 unspecified atom stereocenters. The minimum Gasteiger partial charge on any atom is -0.395 e. The molecule has 17 heavy (non-hydrogen) atoms. The number of aldehydes is 1. The zero-order valence-electron chi connectivity index (χ0n) is 10.3. The van der Waals surface area contributed by atoms with Crippen LogP contribution >= 0.6 is 0 Å². The van der Waals surface area contributed by atoms with Crippen molar-refractivity contribution >= 4 is 12.0 Å². The lowest BCUT2D eigenvalue weighted by Crippen LogP contribution is -2.30. The number of methoxy groups -OCH3 is 1. The number of rotatable bonds is 7. The van der Waals surface area contributed by atoms with Gasteiger partial charge in [-0.05, 0) is 30.7 Å². The average Bonchev–Trinajstić information content (AvgIpc) is 2.34. The van der Waals surface area contributed by atoms with Gasteiger partial charge in [0.1, 0.15) is 6.29 Å². The first kappa shape index (κ1) is 13.7. The minimum absolute atomic E-state index is 0.0958. The highest BCUT2D eigenvalue weighted by atomic mass is 16.5. The standard InChI is InChI=1S/C13H19NO3/c1-11-9-12(10-16)3-4-13(11)14(5-7-15)6-8-17-2/h3-4,9-10,15H,5-8H2,1-2H3. The summed E-state index contributed by atoms with van der Waals surface area (Å²) in [6, 6.07) is 5.54. The maximum absolute atomic E-state index is 10.7. The lowest BCUT2D eigenvalue weighted by molar-refractivity contribution is 0.112. The largest absolute Gasteiger partial charge is 0.395 e. The van der Waals surface area contributed by atoms with Crippen LogP contribution < -0.4 is 4.90 Å². The topological polar surface area (TPSA) is 49.8 Å². The second-order valence-corrected chi connectivity index (χ2v) is 3.87. The summed E-state index contributed by atoms with van der Waals surface area (Å²) in [4.78, 5) is 12.7. The van der Waals surface area contributed by atoms with E-state index in [1.54, 1.807) is 13.2 Å². The first-order valence-electron chi connectivity index (χ1n) is 5.63. The molecule has 0 aliphatic heterocycles. The lowest BCUT2D eigenvalue weighted by atomic mass is 10.1. The Morgan fingerprint density at radius 3 is 2.71 bits per heavy atom. The van der Waals surface area contributed by atoms with E-state index in [1.807, 2.05) is 24.0 Å². The molecule has 0 atom stereocenters. The molecule has 4 nitrogen and oxygen atoms in total. The summed E-state index contributed by atoms with van der Waals surface area (Å²) < 4.78 is 5.05. The van der Waals surface area contributed by atoms with Gasteiger partial charge in [0.15, 0.2) is 0 Å². The van der Waals surface area contributed by atoms with Crippen molar-refractivity contribution in [3.8, 4) is 0 Å². The van der Waals surface area contributed by atoms with Crippen molar-refractivity contribution in [1.29, 1.82) is 0 Å². The summed E-state index contributed by atoms with van der Waals surface area (Å²) in [5.74, 6) is 0. The third kappa shape index (κ3) is 3.84. The van der Waals surface area contributed by atoms with Crippen LogP contribution in [0.2, 0.25) is 0 Å². The molecule has 0 radical (unpaired) electrons. The average molecular weight is 237 g/mol. The van der Waals surface area contributed by atoms with Crippen molar-refractivity contribution in [2.24, 2.45) is 0 Å². The molecule has 1 N–H and O–H groups in total. The van der Waals surface area contributed by atoms with Crippen LogP contribution in [-0.2, 0) is 4.74 Å². The van der Waals surface area contributed by atoms with Crippen LogP contribution in [0.5, 0.6) is 0 Å². The van der Waals surface area contributed by atoms with Gasteiger partial charge in [-0.2, -0.15) is 0 Å². The Bertz CT molecular complexity index is 366. The van der Waals surface area contributed by atoms with Crippen LogP contribution in [0.3, 0.4) is 0 Å². The third-order valence-electron chi connectivity index (χ3n) is 2.63. The summed E-state index contributed by atoms with van der Waals surface area (Å²) in [7, 11) is 1.65. The monoisotopic (exact) mass is 237 g/mol. The Hall–Kier alpha value is -1.39. The molecule has 0 aliphatic rings. The molecule has 1 aromatic rings. The number of aliphatic hydroxyl groups excluding tert-OH is 1. The highest BCUT2D eigenvalue weighted by Crippen LogP contribution is 2.20. The quantitative estimate of drug-likeness (QED) is 0.725. The number of hydrogen-bond acceptors (Lipinski definition) is 4. The van der Waals surface area contributed by atoms with Gasteiger partial charge in [-0.3, -0.25) is 4.79 Å². The second kappa shape index (κ2) is 7.04. The van der Waals surface area contributed by atoms with E-state index in [-0.39, 0.29) is 6.61 Å². The number of anilines is 1. The summed E-state index contributed by atoms with van der Waals surface area (Å²) in [6.07, 6.45) is 0.836. The number of ether oxygens (including phenoxy) is 1. The smallest absolute Gasteiger partial charge is 0.150 e. The number of aryl methyl sites for hydroxylation is 1. The zero-order valence-corrected chi connectivity index (χ0v) is 10.3. The molecule has 0 spiro atoms. The SMILES string of the molecule is COCCN(CCO)c1ccc(C=O)cc1C. The van der Waals surface area contributed by atoms with Gasteiger partial charge in [-0.1, -0.05) is 0 Å². The molecule has 0 fully saturated rings. The lowest BCUT2D eigenvalue weighted by Gasteiger charge is -2.25. The number of aliphatic hydroxyl groups is 1. The Labute approximate surface area is 102 Å². The Kier molecular flexibility index (Phi) is 5.66. The highest BCUT2D eigenvalue weighted by molar-refractivity contribution is 5.76. The highest BCUT2D eigenvalue weighted by Gasteiger charge is 2.08. The fourth-order valence-corrected chi connectivity index (χ4v) is 1.78. The van der Waals surface area contributed by atoms with E-state index in [2.05, 4.69) is 0 Å². The van der Waals surface area contributed by atoms with Crippen molar-refractivity contribution in [2.45, 2.75) is 6.92 Å². The molecule has 0 aromatic heterocycles. The van der Waals surface area contributed by atoms with E-state index in [9.17, 15) is 4.79 Å². The number of benzene rings is 1. The van der Waals surface area contributed by atoms with Gasteiger partial charge in [-0.15, -0.1) is 0 Å². The number of nitrogens with zero attached hydrogens (tertiary/aromatic N) is 1. The van der Waals surface area contributed by atoms with Crippen LogP contribution in [0.15, 0.2) is 18.2 Å². The Morgan fingerprint density at radius 2 is 2.18 bits per heavy atom. The summed E-state index contributed by atoms with van der Waals surface area (Å²) in [5.41, 5.74) is 2.72. The van der Waals surface area contributed by atoms with Crippen molar-refractivity contribution in [3.05, 3.63) is 29.3 Å². The van der Waals surface area contributed by atoms with E-state index >= 15 is 0 Å². The van der Waals surface area contributed by atoms with Crippen LogP contribution in [0.4, 0.5) is 5.69 Å². The van der Waals surface area contributed by atoms with Crippen LogP contribution in [0, 0.1) is 6.92 Å². The van der Waals surface area contributed by atoms with E-state index in [0.717, 1.165) is 24.1 Å². The Balaban J connectivity index is 2.88. The fraction of sp³-hybridized carbons (Fsp3) is 0.462. The van der Waals surface area contributed by atoms with Gasteiger partial charge in [-0.25, -0.2) is 0 Å². The van der Waals surface area contributed by atoms with Crippen molar-refractivity contribution in [1.82, 2.24) is 0 Å². The van der Waals surface area contributed by atoms with E-state index in [4.69, 9.17) is 9.84 Å². The molecule has 0 saturated heterocycles. The normalized spacial score (nSPS) is 10.3. The van der Waals surface area contributed by atoms with Crippen LogP contribution in [0.1, 0.15) is 15.9 Å². The van der Waals surface area contributed by atoms with Gasteiger partial charge in [0.2, 0.25) is 0 Å². The molecule has 1 aromatic carbocycles. The van der Waals surface area contributed by atoms with Gasteiger partial charge in [0.05, 0.1) is 13.2 Å². The fourth-order valence-electron chi connectivity index (χ4n) is 1.78. The molecule has 0 bridgehead atoms. The molecule has 94 valence electrons. The second-order valence-electron chi connectivity index (χ2n) is 3.87. The van der Waals surface area contributed by atoms with Gasteiger partial charge in [0.25, 0.3) is 0 Å². The van der Waals surface area contributed by atoms with Crippen molar-refractivity contribution < 1.29 is 14.6 Å². The maximum Gasteiger partial charge on any atom is 0.150 e.